The van der Waals surface area contributed by atoms with Gasteiger partial charge in [-0.3, -0.25) is 0 Å². The third-order valence-corrected chi connectivity index (χ3v) is 5.80. The zero-order valence-electron chi connectivity index (χ0n) is 17.9. The predicted molar refractivity (Wildman–Crippen MR) is 123 cm³/mol. The third kappa shape index (κ3) is 4.30. The van der Waals surface area contributed by atoms with E-state index in [9.17, 15) is 15.2 Å². The number of halogens is 1. The Labute approximate surface area is 190 Å². The lowest BCUT2D eigenvalue weighted by Gasteiger charge is -2.28. The standard InChI is InChI=1S/C23H23ClN6O2/c1-13-10-15(14(2)26-16-6-7-19(24)28-21(16)23(31)32)20-17(11-13)27-18(12-25)22(29-20)30-8-4-3-5-9-30/h6-7,10-11,14,26H,3-5,8-9H2,1-2H3,(H,31,32)/t14-/m1/s1. The number of benzene rings is 1. The molecule has 2 N–H and O–H groups in total. The largest absolute Gasteiger partial charge is 0.476 e. The third-order valence-electron chi connectivity index (χ3n) is 5.59. The molecular weight excluding hydrogens is 428 g/mol. The fourth-order valence-electron chi connectivity index (χ4n) is 4.08. The molecule has 4 rings (SSSR count). The maximum Gasteiger partial charge on any atom is 0.356 e. The first-order chi connectivity index (χ1) is 15.4. The molecule has 2 aromatic heterocycles. The summed E-state index contributed by atoms with van der Waals surface area (Å²) in [5, 5.41) is 22.5. The van der Waals surface area contributed by atoms with Gasteiger partial charge in [0.05, 0.1) is 22.8 Å². The van der Waals surface area contributed by atoms with Crippen LogP contribution in [0.15, 0.2) is 24.3 Å². The number of pyridine rings is 1. The van der Waals surface area contributed by atoms with Crippen molar-refractivity contribution in [2.24, 2.45) is 0 Å². The highest BCUT2D eigenvalue weighted by molar-refractivity contribution is 6.29. The average molecular weight is 451 g/mol. The van der Waals surface area contributed by atoms with Crippen molar-refractivity contribution in [3.63, 3.8) is 0 Å². The molecule has 0 saturated carbocycles. The van der Waals surface area contributed by atoms with Gasteiger partial charge in [-0.2, -0.15) is 5.26 Å². The van der Waals surface area contributed by atoms with Gasteiger partial charge in [0.15, 0.2) is 17.2 Å². The maximum absolute atomic E-state index is 11.6. The molecule has 0 bridgehead atoms. The van der Waals surface area contributed by atoms with Crippen molar-refractivity contribution in [1.29, 1.82) is 5.26 Å². The number of fused-ring (bicyclic) bond motifs is 1. The van der Waals surface area contributed by atoms with E-state index >= 15 is 0 Å². The molecule has 0 unspecified atom stereocenters. The first-order valence-electron chi connectivity index (χ1n) is 10.5. The van der Waals surface area contributed by atoms with E-state index < -0.39 is 5.97 Å². The van der Waals surface area contributed by atoms with Crippen LogP contribution >= 0.6 is 11.6 Å². The number of aryl methyl sites for hydroxylation is 1. The molecule has 0 amide bonds. The molecule has 1 fully saturated rings. The Kier molecular flexibility index (Phi) is 6.10. The molecule has 0 radical (unpaired) electrons. The molecule has 1 aromatic carbocycles. The quantitative estimate of drug-likeness (QED) is 0.536. The number of aromatic nitrogens is 3. The van der Waals surface area contributed by atoms with Gasteiger partial charge in [0, 0.05) is 18.7 Å². The van der Waals surface area contributed by atoms with Crippen LogP contribution in [-0.2, 0) is 0 Å². The minimum absolute atomic E-state index is 0.114. The van der Waals surface area contributed by atoms with E-state index in [0.717, 1.165) is 37.1 Å². The summed E-state index contributed by atoms with van der Waals surface area (Å²) in [6, 6.07) is 8.97. The maximum atomic E-state index is 11.6. The summed E-state index contributed by atoms with van der Waals surface area (Å²) in [5.74, 6) is -0.557. The minimum Gasteiger partial charge on any atom is -0.476 e. The number of nitriles is 1. The second-order valence-electron chi connectivity index (χ2n) is 7.98. The van der Waals surface area contributed by atoms with Crippen LogP contribution in [0.3, 0.4) is 0 Å². The summed E-state index contributed by atoms with van der Waals surface area (Å²) < 4.78 is 0. The van der Waals surface area contributed by atoms with Gasteiger partial charge in [0.2, 0.25) is 0 Å². The molecule has 164 valence electrons. The van der Waals surface area contributed by atoms with Crippen LogP contribution in [0.4, 0.5) is 11.5 Å². The van der Waals surface area contributed by atoms with Gasteiger partial charge < -0.3 is 15.3 Å². The van der Waals surface area contributed by atoms with Crippen LogP contribution in [0.2, 0.25) is 5.15 Å². The lowest BCUT2D eigenvalue weighted by molar-refractivity contribution is 0.0691. The summed E-state index contributed by atoms with van der Waals surface area (Å²) in [6.07, 6.45) is 3.29. The van der Waals surface area contributed by atoms with Crippen LogP contribution in [0, 0.1) is 18.3 Å². The number of carboxylic acids is 1. The Morgan fingerprint density at radius 1 is 1.22 bits per heavy atom. The fourth-order valence-corrected chi connectivity index (χ4v) is 4.23. The van der Waals surface area contributed by atoms with Crippen LogP contribution in [0.25, 0.3) is 11.0 Å². The van der Waals surface area contributed by atoms with Gasteiger partial charge in [-0.05, 0) is 56.9 Å². The highest BCUT2D eigenvalue weighted by Gasteiger charge is 2.22. The first-order valence-corrected chi connectivity index (χ1v) is 10.9. The number of hydrogen-bond acceptors (Lipinski definition) is 7. The molecule has 3 aromatic rings. The fraction of sp³-hybridized carbons (Fsp3) is 0.348. The molecule has 9 heteroatoms. The second-order valence-corrected chi connectivity index (χ2v) is 8.37. The Morgan fingerprint density at radius 3 is 2.66 bits per heavy atom. The lowest BCUT2D eigenvalue weighted by atomic mass is 10.0. The molecule has 3 heterocycles. The second kappa shape index (κ2) is 8.97. The van der Waals surface area contributed by atoms with Crippen molar-refractivity contribution in [2.45, 2.75) is 39.2 Å². The molecule has 32 heavy (non-hydrogen) atoms. The molecule has 1 atom stereocenters. The summed E-state index contributed by atoms with van der Waals surface area (Å²) in [6.45, 7) is 5.58. The Hall–Kier alpha value is -3.44. The molecule has 8 nitrogen and oxygen atoms in total. The van der Waals surface area contributed by atoms with E-state index in [4.69, 9.17) is 16.6 Å². The highest BCUT2D eigenvalue weighted by atomic mass is 35.5. The van der Waals surface area contributed by atoms with Crippen LogP contribution in [0.1, 0.15) is 59.5 Å². The number of carbonyl (C=O) groups is 1. The average Bonchev–Trinajstić information content (AvgIpc) is 2.79. The predicted octanol–water partition coefficient (Wildman–Crippen LogP) is 4.72. The van der Waals surface area contributed by atoms with Crippen molar-refractivity contribution in [2.75, 3.05) is 23.3 Å². The number of anilines is 2. The van der Waals surface area contributed by atoms with Gasteiger partial charge in [0.1, 0.15) is 11.2 Å². The number of nitrogens with one attached hydrogen (secondary N) is 1. The number of rotatable bonds is 5. The zero-order valence-corrected chi connectivity index (χ0v) is 18.6. The molecule has 0 aliphatic carbocycles. The van der Waals surface area contributed by atoms with Crippen molar-refractivity contribution in [3.8, 4) is 6.07 Å². The summed E-state index contributed by atoms with van der Waals surface area (Å²) >= 11 is 5.88. The number of nitrogens with zero attached hydrogens (tertiary/aromatic N) is 5. The van der Waals surface area contributed by atoms with E-state index in [-0.39, 0.29) is 16.9 Å². The van der Waals surface area contributed by atoms with E-state index in [1.165, 1.54) is 6.42 Å². The first kappa shape index (κ1) is 21.8. The van der Waals surface area contributed by atoms with E-state index in [1.807, 2.05) is 26.0 Å². The van der Waals surface area contributed by atoms with Gasteiger partial charge in [0.25, 0.3) is 0 Å². The number of piperidine rings is 1. The number of aromatic carboxylic acids is 1. The lowest BCUT2D eigenvalue weighted by Crippen LogP contribution is -2.31. The van der Waals surface area contributed by atoms with Crippen molar-refractivity contribution in [1.82, 2.24) is 15.0 Å². The molecule has 1 aliphatic heterocycles. The highest BCUT2D eigenvalue weighted by Crippen LogP contribution is 2.31. The van der Waals surface area contributed by atoms with E-state index in [0.29, 0.717) is 28.2 Å². The summed E-state index contributed by atoms with van der Waals surface area (Å²) in [7, 11) is 0. The Morgan fingerprint density at radius 2 is 1.97 bits per heavy atom. The summed E-state index contributed by atoms with van der Waals surface area (Å²) in [5.41, 5.74) is 3.70. The van der Waals surface area contributed by atoms with Crippen LogP contribution < -0.4 is 10.2 Å². The van der Waals surface area contributed by atoms with Crippen molar-refractivity contribution >= 4 is 40.1 Å². The normalized spacial score (nSPS) is 14.8. The summed E-state index contributed by atoms with van der Waals surface area (Å²) in [4.78, 5) is 27.2. The minimum atomic E-state index is -1.16. The Bertz CT molecular complexity index is 1230. The molecule has 1 aliphatic rings. The number of carboxylic acid groups (broad SMARTS) is 1. The molecular formula is C23H23ClN6O2. The Balaban J connectivity index is 1.80. The smallest absolute Gasteiger partial charge is 0.356 e. The van der Waals surface area contributed by atoms with Crippen LogP contribution in [0.5, 0.6) is 0 Å². The monoisotopic (exact) mass is 450 g/mol. The van der Waals surface area contributed by atoms with Gasteiger partial charge in [-0.15, -0.1) is 0 Å². The topological polar surface area (TPSA) is 115 Å². The van der Waals surface area contributed by atoms with Gasteiger partial charge >= 0.3 is 5.97 Å². The SMILES string of the molecule is Cc1cc([C@@H](C)Nc2ccc(Cl)nc2C(=O)O)c2nc(N3CCCCC3)c(C#N)nc2c1. The van der Waals surface area contributed by atoms with Crippen molar-refractivity contribution in [3.05, 3.63) is 51.9 Å². The molecule has 1 saturated heterocycles. The van der Waals surface area contributed by atoms with Gasteiger partial charge in [-0.1, -0.05) is 17.7 Å². The van der Waals surface area contributed by atoms with E-state index in [2.05, 4.69) is 26.3 Å². The van der Waals surface area contributed by atoms with Gasteiger partial charge in [-0.25, -0.2) is 19.7 Å². The van der Waals surface area contributed by atoms with Crippen molar-refractivity contribution < 1.29 is 9.90 Å². The molecule has 0 spiro atoms. The van der Waals surface area contributed by atoms with E-state index in [1.54, 1.807) is 12.1 Å². The number of hydrogen-bond donors (Lipinski definition) is 2. The zero-order chi connectivity index (χ0) is 22.8. The van der Waals surface area contributed by atoms with Crippen LogP contribution in [-0.4, -0.2) is 39.1 Å².